The minimum absolute atomic E-state index is 0.0540. The highest BCUT2D eigenvalue weighted by atomic mass is 28.3. The molecule has 0 saturated carbocycles. The maximum Gasteiger partial charge on any atom is 0.269 e. The van der Waals surface area contributed by atoms with E-state index in [1.54, 1.807) is 12.1 Å². The lowest BCUT2D eigenvalue weighted by Gasteiger charge is -2.38. The van der Waals surface area contributed by atoms with Gasteiger partial charge in [0.2, 0.25) is 0 Å². The molecule has 0 fully saturated rings. The summed E-state index contributed by atoms with van der Waals surface area (Å²) >= 11 is 0. The largest absolute Gasteiger partial charge is 0.269 e. The molecule has 0 N–H and O–H groups in total. The van der Waals surface area contributed by atoms with Gasteiger partial charge in [0.05, 0.1) is 16.1 Å². The summed E-state index contributed by atoms with van der Waals surface area (Å²) in [4.78, 5) is 10.4. The minimum Gasteiger partial charge on any atom is -0.258 e. The Bertz CT molecular complexity index is 1090. The van der Waals surface area contributed by atoms with Crippen molar-refractivity contribution < 1.29 is 4.92 Å². The summed E-state index contributed by atoms with van der Waals surface area (Å²) in [7, 11) is -1.84. The number of hydrogen-bond acceptors (Lipinski definition) is 2. The summed E-state index contributed by atoms with van der Waals surface area (Å²) < 4.78 is 0. The van der Waals surface area contributed by atoms with Gasteiger partial charge in [-0.05, 0) is 56.5 Å². The Morgan fingerprint density at radius 3 is 1.55 bits per heavy atom. The SMILES string of the molecule is CC(C)=C(C#CC(C#C[Si](C(C)C)(C(C)C)C(C)C)=C(C)C)C#Cc1ccc([N+](=O)[O-])cc1. The summed E-state index contributed by atoms with van der Waals surface area (Å²) in [6.45, 7) is 21.9. The van der Waals surface area contributed by atoms with E-state index in [1.165, 1.54) is 12.1 Å². The van der Waals surface area contributed by atoms with Crippen molar-refractivity contribution in [3.05, 3.63) is 62.2 Å². The molecule has 0 atom stereocenters. The fourth-order valence-electron chi connectivity index (χ4n) is 4.09. The van der Waals surface area contributed by atoms with Crippen molar-refractivity contribution in [1.82, 2.24) is 0 Å². The van der Waals surface area contributed by atoms with Gasteiger partial charge in [0, 0.05) is 17.7 Å². The fraction of sp³-hybridized carbons (Fsp3) is 0.448. The second-order valence-corrected chi connectivity index (χ2v) is 15.3. The topological polar surface area (TPSA) is 43.1 Å². The maximum atomic E-state index is 10.8. The van der Waals surface area contributed by atoms with E-state index in [1.807, 2.05) is 27.7 Å². The van der Waals surface area contributed by atoms with E-state index < -0.39 is 13.0 Å². The number of benzene rings is 1. The molecule has 174 valence electrons. The van der Waals surface area contributed by atoms with Crippen LogP contribution in [0.25, 0.3) is 0 Å². The van der Waals surface area contributed by atoms with Crippen molar-refractivity contribution in [3.63, 3.8) is 0 Å². The fourth-order valence-corrected chi connectivity index (χ4v) is 9.30. The highest BCUT2D eigenvalue weighted by Crippen LogP contribution is 2.40. The molecule has 0 aliphatic carbocycles. The molecule has 0 saturated heterocycles. The molecular weight excluding hydrogens is 422 g/mol. The first-order valence-electron chi connectivity index (χ1n) is 11.5. The summed E-state index contributed by atoms with van der Waals surface area (Å²) in [5.74, 6) is 16.2. The lowest BCUT2D eigenvalue weighted by atomic mass is 10.1. The van der Waals surface area contributed by atoms with Crippen LogP contribution in [0, 0.1) is 45.3 Å². The first kappa shape index (κ1) is 28.0. The quantitative estimate of drug-likeness (QED) is 0.199. The van der Waals surface area contributed by atoms with Crippen LogP contribution in [0.4, 0.5) is 5.69 Å². The molecular formula is C29H37NO2Si. The predicted octanol–water partition coefficient (Wildman–Crippen LogP) is 7.84. The zero-order valence-electron chi connectivity index (χ0n) is 21.8. The first-order valence-corrected chi connectivity index (χ1v) is 13.7. The molecule has 4 heteroatoms. The Hall–Kier alpha value is -3.00. The standard InChI is InChI=1S/C29H37NO2Si/c1-21(2)27(14-11-26-12-17-29(18-13-26)30(31)32)15-16-28(22(3)4)19-20-33(23(5)6,24(7)8)25(9)10/h12-13,17-18,23-25H,1-10H3. The van der Waals surface area contributed by atoms with Crippen LogP contribution < -0.4 is 0 Å². The zero-order valence-corrected chi connectivity index (χ0v) is 22.8. The summed E-state index contributed by atoms with van der Waals surface area (Å²) in [6.07, 6.45) is 0. The van der Waals surface area contributed by atoms with E-state index in [0.717, 1.165) is 22.3 Å². The van der Waals surface area contributed by atoms with Crippen molar-refractivity contribution >= 4 is 13.8 Å². The Labute approximate surface area is 201 Å². The average Bonchev–Trinajstić information content (AvgIpc) is 2.71. The van der Waals surface area contributed by atoms with Crippen LogP contribution in [0.2, 0.25) is 16.6 Å². The second-order valence-electron chi connectivity index (χ2n) is 9.70. The van der Waals surface area contributed by atoms with Crippen LogP contribution in [0.15, 0.2) is 46.6 Å². The van der Waals surface area contributed by atoms with E-state index in [2.05, 4.69) is 76.7 Å². The number of nitro groups is 1. The van der Waals surface area contributed by atoms with Crippen LogP contribution in [-0.4, -0.2) is 13.0 Å². The Morgan fingerprint density at radius 2 is 1.18 bits per heavy atom. The molecule has 1 aromatic rings. The Morgan fingerprint density at radius 1 is 0.758 bits per heavy atom. The number of nitro benzene ring substituents is 1. The van der Waals surface area contributed by atoms with Crippen LogP contribution in [0.1, 0.15) is 74.8 Å². The molecule has 3 nitrogen and oxygen atoms in total. The number of nitrogens with zero attached hydrogens (tertiary/aromatic N) is 1. The predicted molar refractivity (Wildman–Crippen MR) is 143 cm³/mol. The van der Waals surface area contributed by atoms with Crippen molar-refractivity contribution in [2.24, 2.45) is 0 Å². The third-order valence-electron chi connectivity index (χ3n) is 5.99. The Kier molecular flexibility index (Phi) is 10.4. The van der Waals surface area contributed by atoms with Gasteiger partial charge < -0.3 is 0 Å². The van der Waals surface area contributed by atoms with Gasteiger partial charge in [-0.2, -0.15) is 0 Å². The van der Waals surface area contributed by atoms with Crippen LogP contribution >= 0.6 is 0 Å². The summed E-state index contributed by atoms with van der Waals surface area (Å²) in [5, 5.41) is 10.8. The normalized spacial score (nSPS) is 10.5. The molecule has 0 bridgehead atoms. The van der Waals surface area contributed by atoms with E-state index in [0.29, 0.717) is 22.2 Å². The van der Waals surface area contributed by atoms with Crippen LogP contribution in [0.3, 0.4) is 0 Å². The highest BCUT2D eigenvalue weighted by Gasteiger charge is 2.41. The van der Waals surface area contributed by atoms with Gasteiger partial charge in [0.1, 0.15) is 8.07 Å². The van der Waals surface area contributed by atoms with Gasteiger partial charge >= 0.3 is 0 Å². The van der Waals surface area contributed by atoms with Crippen molar-refractivity contribution in [2.45, 2.75) is 85.9 Å². The lowest BCUT2D eigenvalue weighted by Crippen LogP contribution is -2.43. The maximum absolute atomic E-state index is 10.8. The van der Waals surface area contributed by atoms with E-state index in [9.17, 15) is 10.1 Å². The molecule has 33 heavy (non-hydrogen) atoms. The minimum atomic E-state index is -1.84. The number of rotatable bonds is 4. The van der Waals surface area contributed by atoms with Crippen LogP contribution in [0.5, 0.6) is 0 Å². The van der Waals surface area contributed by atoms with E-state index in [-0.39, 0.29) is 5.69 Å². The molecule has 0 aliphatic rings. The molecule has 0 unspecified atom stereocenters. The molecule has 0 amide bonds. The first-order chi connectivity index (χ1) is 15.3. The van der Waals surface area contributed by atoms with Gasteiger partial charge in [-0.15, -0.1) is 5.54 Å². The molecule has 0 heterocycles. The molecule has 0 radical (unpaired) electrons. The van der Waals surface area contributed by atoms with E-state index >= 15 is 0 Å². The van der Waals surface area contributed by atoms with Gasteiger partial charge in [-0.3, -0.25) is 10.1 Å². The highest BCUT2D eigenvalue weighted by molar-refractivity contribution is 6.90. The van der Waals surface area contributed by atoms with Crippen molar-refractivity contribution in [3.8, 4) is 35.1 Å². The monoisotopic (exact) mass is 459 g/mol. The average molecular weight is 460 g/mol. The lowest BCUT2D eigenvalue weighted by molar-refractivity contribution is -0.384. The summed E-state index contributed by atoms with van der Waals surface area (Å²) in [5.41, 5.74) is 9.96. The van der Waals surface area contributed by atoms with E-state index in [4.69, 9.17) is 0 Å². The third-order valence-corrected chi connectivity index (χ3v) is 12.3. The van der Waals surface area contributed by atoms with Crippen molar-refractivity contribution in [1.29, 1.82) is 0 Å². The molecule has 1 aromatic carbocycles. The van der Waals surface area contributed by atoms with Gasteiger partial charge in [0.25, 0.3) is 5.69 Å². The molecule has 0 aromatic heterocycles. The molecule has 0 spiro atoms. The smallest absolute Gasteiger partial charge is 0.258 e. The van der Waals surface area contributed by atoms with Crippen molar-refractivity contribution in [2.75, 3.05) is 0 Å². The third kappa shape index (κ3) is 7.52. The summed E-state index contributed by atoms with van der Waals surface area (Å²) in [6, 6.07) is 6.23. The van der Waals surface area contributed by atoms with Gasteiger partial charge in [0.15, 0.2) is 0 Å². The molecule has 1 rings (SSSR count). The van der Waals surface area contributed by atoms with Gasteiger partial charge in [-0.1, -0.05) is 82.3 Å². The second kappa shape index (κ2) is 12.3. The zero-order chi connectivity index (χ0) is 25.3. The van der Waals surface area contributed by atoms with Crippen LogP contribution in [-0.2, 0) is 0 Å². The number of hydrogen-bond donors (Lipinski definition) is 0. The Balaban J connectivity index is 3.38. The molecule has 0 aliphatic heterocycles. The number of non-ortho nitro benzene ring substituents is 1. The number of allylic oxidation sites excluding steroid dienone is 4. The van der Waals surface area contributed by atoms with Gasteiger partial charge in [-0.25, -0.2) is 0 Å².